The van der Waals surface area contributed by atoms with Crippen molar-refractivity contribution in [1.82, 2.24) is 0 Å². The third kappa shape index (κ3) is 5.41. The van der Waals surface area contributed by atoms with Crippen LogP contribution in [0.25, 0.3) is 0 Å². The van der Waals surface area contributed by atoms with E-state index in [4.69, 9.17) is 11.6 Å². The molecule has 0 spiro atoms. The third-order valence-corrected chi connectivity index (χ3v) is 4.45. The first-order valence-electron chi connectivity index (χ1n) is 6.60. The van der Waals surface area contributed by atoms with Gasteiger partial charge in [-0.3, -0.25) is 0 Å². The van der Waals surface area contributed by atoms with Gasteiger partial charge in [0.1, 0.15) is 0 Å². The molecule has 0 heterocycles. The van der Waals surface area contributed by atoms with Gasteiger partial charge in [-0.05, 0) is 31.5 Å². The van der Waals surface area contributed by atoms with Crippen LogP contribution < -0.4 is 5.32 Å². The fraction of sp³-hybridized carbons (Fsp3) is 0.571. The van der Waals surface area contributed by atoms with Crippen LogP contribution in [0.1, 0.15) is 39.5 Å². The molecule has 1 rings (SSSR count). The number of rotatable bonds is 7. The minimum Gasteiger partial charge on any atom is -0.381 e. The molecular weight excluding hydrogens is 282 g/mol. The zero-order valence-corrected chi connectivity index (χ0v) is 13.3. The van der Waals surface area contributed by atoms with E-state index in [9.17, 15) is 8.42 Å². The Labute approximate surface area is 121 Å². The predicted molar refractivity (Wildman–Crippen MR) is 81.8 cm³/mol. The number of unbranched alkanes of at least 4 members (excludes halogenated alkanes) is 2. The summed E-state index contributed by atoms with van der Waals surface area (Å²) in [5.41, 5.74) is 0.689. The number of anilines is 1. The van der Waals surface area contributed by atoms with E-state index in [-0.39, 0.29) is 6.04 Å². The first-order chi connectivity index (χ1) is 8.84. The summed E-state index contributed by atoms with van der Waals surface area (Å²) in [4.78, 5) is 0.292. The van der Waals surface area contributed by atoms with Crippen LogP contribution in [-0.4, -0.2) is 20.7 Å². The van der Waals surface area contributed by atoms with E-state index in [0.717, 1.165) is 12.8 Å². The minimum atomic E-state index is -3.20. The van der Waals surface area contributed by atoms with Crippen molar-refractivity contribution in [3.8, 4) is 0 Å². The van der Waals surface area contributed by atoms with Gasteiger partial charge in [0.05, 0.1) is 15.6 Å². The van der Waals surface area contributed by atoms with E-state index in [1.165, 1.54) is 25.2 Å². The Morgan fingerprint density at radius 3 is 2.58 bits per heavy atom. The second kappa shape index (κ2) is 7.15. The molecule has 0 bridgehead atoms. The van der Waals surface area contributed by atoms with Crippen LogP contribution in [0.3, 0.4) is 0 Å². The third-order valence-electron chi connectivity index (χ3n) is 3.01. The Morgan fingerprint density at radius 1 is 1.32 bits per heavy atom. The van der Waals surface area contributed by atoms with Gasteiger partial charge in [-0.2, -0.15) is 0 Å². The van der Waals surface area contributed by atoms with Crippen LogP contribution in [0.2, 0.25) is 5.02 Å². The molecule has 1 N–H and O–H groups in total. The Kier molecular flexibility index (Phi) is 6.14. The highest BCUT2D eigenvalue weighted by atomic mass is 35.5. The van der Waals surface area contributed by atoms with E-state index in [0.29, 0.717) is 15.6 Å². The number of hydrogen-bond donors (Lipinski definition) is 1. The molecule has 1 aromatic rings. The van der Waals surface area contributed by atoms with E-state index < -0.39 is 9.84 Å². The van der Waals surface area contributed by atoms with Crippen LogP contribution in [0.4, 0.5) is 5.69 Å². The molecule has 1 aromatic carbocycles. The summed E-state index contributed by atoms with van der Waals surface area (Å²) >= 11 is 6.09. The Balaban J connectivity index is 2.77. The van der Waals surface area contributed by atoms with Gasteiger partial charge in [0.15, 0.2) is 9.84 Å². The molecule has 108 valence electrons. The van der Waals surface area contributed by atoms with Gasteiger partial charge in [-0.15, -0.1) is 0 Å². The van der Waals surface area contributed by atoms with E-state index in [1.807, 2.05) is 0 Å². The Bertz CT molecular complexity index is 514. The zero-order chi connectivity index (χ0) is 14.5. The smallest absolute Gasteiger partial charge is 0.175 e. The van der Waals surface area contributed by atoms with Gasteiger partial charge in [-0.25, -0.2) is 8.42 Å². The van der Waals surface area contributed by atoms with Gasteiger partial charge in [0, 0.05) is 12.3 Å². The topological polar surface area (TPSA) is 46.2 Å². The number of sulfone groups is 1. The predicted octanol–water partition coefficient (Wildman–Crippen LogP) is 4.12. The van der Waals surface area contributed by atoms with Crippen molar-refractivity contribution < 1.29 is 8.42 Å². The highest BCUT2D eigenvalue weighted by Crippen LogP contribution is 2.26. The highest BCUT2D eigenvalue weighted by Gasteiger charge is 2.11. The normalized spacial score (nSPS) is 13.3. The molecule has 1 atom stereocenters. The van der Waals surface area contributed by atoms with Crippen molar-refractivity contribution in [2.24, 2.45) is 0 Å². The van der Waals surface area contributed by atoms with Crippen molar-refractivity contribution in [2.75, 3.05) is 11.6 Å². The van der Waals surface area contributed by atoms with Crippen molar-refractivity contribution in [2.45, 2.75) is 50.5 Å². The lowest BCUT2D eigenvalue weighted by Gasteiger charge is -2.16. The van der Waals surface area contributed by atoms with Crippen LogP contribution in [0.15, 0.2) is 23.1 Å². The second-order valence-corrected chi connectivity index (χ2v) is 7.38. The molecule has 0 aliphatic carbocycles. The van der Waals surface area contributed by atoms with Gasteiger partial charge in [0.25, 0.3) is 0 Å². The maximum absolute atomic E-state index is 11.5. The van der Waals surface area contributed by atoms with Crippen molar-refractivity contribution in [1.29, 1.82) is 0 Å². The molecule has 0 amide bonds. The summed E-state index contributed by atoms with van der Waals surface area (Å²) in [5, 5.41) is 3.84. The Hall–Kier alpha value is -0.740. The second-order valence-electron chi connectivity index (χ2n) is 4.95. The molecule has 0 aliphatic heterocycles. The van der Waals surface area contributed by atoms with E-state index in [1.54, 1.807) is 12.1 Å². The first kappa shape index (κ1) is 16.3. The molecular formula is C14H22ClNO2S. The van der Waals surface area contributed by atoms with Gasteiger partial charge in [0.2, 0.25) is 0 Å². The zero-order valence-electron chi connectivity index (χ0n) is 11.7. The monoisotopic (exact) mass is 303 g/mol. The summed E-state index contributed by atoms with van der Waals surface area (Å²) in [5.74, 6) is 0. The summed E-state index contributed by atoms with van der Waals surface area (Å²) in [7, 11) is -3.20. The molecule has 0 aliphatic rings. The maximum Gasteiger partial charge on any atom is 0.175 e. The van der Waals surface area contributed by atoms with Gasteiger partial charge < -0.3 is 5.32 Å². The quantitative estimate of drug-likeness (QED) is 0.771. The molecule has 19 heavy (non-hydrogen) atoms. The lowest BCUT2D eigenvalue weighted by Crippen LogP contribution is -2.15. The molecule has 5 heteroatoms. The average Bonchev–Trinajstić information content (AvgIpc) is 2.31. The fourth-order valence-electron chi connectivity index (χ4n) is 1.88. The molecule has 0 aromatic heterocycles. The summed E-state index contributed by atoms with van der Waals surface area (Å²) in [6, 6.07) is 5.04. The molecule has 0 saturated heterocycles. The van der Waals surface area contributed by atoms with Crippen molar-refractivity contribution in [3.63, 3.8) is 0 Å². The Morgan fingerprint density at radius 2 is 2.00 bits per heavy atom. The number of benzene rings is 1. The van der Waals surface area contributed by atoms with Crippen LogP contribution in [0.5, 0.6) is 0 Å². The summed E-state index contributed by atoms with van der Waals surface area (Å²) < 4.78 is 23.0. The summed E-state index contributed by atoms with van der Waals surface area (Å²) in [6.07, 6.45) is 5.81. The molecule has 0 radical (unpaired) electrons. The first-order valence-corrected chi connectivity index (χ1v) is 8.87. The highest BCUT2D eigenvalue weighted by molar-refractivity contribution is 7.90. The summed E-state index contributed by atoms with van der Waals surface area (Å²) in [6.45, 7) is 4.25. The van der Waals surface area contributed by atoms with Crippen molar-refractivity contribution in [3.05, 3.63) is 23.2 Å². The van der Waals surface area contributed by atoms with Crippen LogP contribution in [0, 0.1) is 0 Å². The average molecular weight is 304 g/mol. The van der Waals surface area contributed by atoms with E-state index >= 15 is 0 Å². The molecule has 1 unspecified atom stereocenters. The van der Waals surface area contributed by atoms with Crippen LogP contribution >= 0.6 is 11.6 Å². The minimum absolute atomic E-state index is 0.277. The molecule has 3 nitrogen and oxygen atoms in total. The number of hydrogen-bond acceptors (Lipinski definition) is 3. The van der Waals surface area contributed by atoms with E-state index in [2.05, 4.69) is 19.2 Å². The number of nitrogens with one attached hydrogen (secondary N) is 1. The van der Waals surface area contributed by atoms with Gasteiger partial charge in [-0.1, -0.05) is 37.8 Å². The van der Waals surface area contributed by atoms with Crippen LogP contribution in [-0.2, 0) is 9.84 Å². The lowest BCUT2D eigenvalue weighted by molar-refractivity contribution is 0.601. The van der Waals surface area contributed by atoms with Crippen molar-refractivity contribution >= 4 is 27.1 Å². The fourth-order valence-corrected chi connectivity index (χ4v) is 2.70. The number of halogens is 1. The molecule has 0 fully saturated rings. The van der Waals surface area contributed by atoms with Gasteiger partial charge >= 0.3 is 0 Å². The standard InChI is InChI=1S/C14H22ClNO2S/c1-4-5-6-7-11(2)16-14-10-12(19(3,17)18)8-9-13(14)15/h8-11,16H,4-7H2,1-3H3. The largest absolute Gasteiger partial charge is 0.381 e. The maximum atomic E-state index is 11.5. The molecule has 0 saturated carbocycles. The lowest BCUT2D eigenvalue weighted by atomic mass is 10.1. The SMILES string of the molecule is CCCCCC(C)Nc1cc(S(C)(=O)=O)ccc1Cl.